The van der Waals surface area contributed by atoms with E-state index in [9.17, 15) is 0 Å². The molecule has 6 rings (SSSR count). The van der Waals surface area contributed by atoms with Gasteiger partial charge in [0.15, 0.2) is 11.6 Å². The number of aromatic nitrogens is 4. The summed E-state index contributed by atoms with van der Waals surface area (Å²) < 4.78 is 23.8. The number of hydrogen-bond acceptors (Lipinski definition) is 6. The second-order valence-electron chi connectivity index (χ2n) is 8.51. The molecule has 0 aliphatic carbocycles. The number of rotatable bonds is 4. The maximum Gasteiger partial charge on any atom is 0.219 e. The maximum absolute atomic E-state index is 15.9. The number of nitrogens with one attached hydrogen (secondary N) is 2. The highest BCUT2D eigenvalue weighted by Gasteiger charge is 2.28. The van der Waals surface area contributed by atoms with Gasteiger partial charge < -0.3 is 19.9 Å². The Balaban J connectivity index is 1.57. The molecule has 0 radical (unpaired) electrons. The van der Waals surface area contributed by atoms with Crippen LogP contribution in [0.3, 0.4) is 0 Å². The quantitative estimate of drug-likeness (QED) is 0.343. The van der Waals surface area contributed by atoms with Crippen molar-refractivity contribution in [3.63, 3.8) is 0 Å². The van der Waals surface area contributed by atoms with E-state index in [0.717, 1.165) is 44.8 Å². The van der Waals surface area contributed by atoms with E-state index in [1.807, 2.05) is 55.9 Å². The molecular formula is C27H23FN6O. The zero-order valence-corrected chi connectivity index (χ0v) is 19.6. The van der Waals surface area contributed by atoms with Gasteiger partial charge >= 0.3 is 0 Å². The fraction of sp³-hybridized carbons (Fsp3) is 0.148. The van der Waals surface area contributed by atoms with E-state index in [-0.39, 0.29) is 12.3 Å². The SMILES string of the molecule is CNc1ccc(-c2c3c4c(ncnc4n2C)NCc2c-3ccc(Oc3cccc(C)n3)c2F)cc1. The molecule has 35 heavy (non-hydrogen) atoms. The Morgan fingerprint density at radius 3 is 2.66 bits per heavy atom. The van der Waals surface area contributed by atoms with Crippen LogP contribution < -0.4 is 15.4 Å². The van der Waals surface area contributed by atoms with Crippen LogP contribution in [0.25, 0.3) is 33.4 Å². The summed E-state index contributed by atoms with van der Waals surface area (Å²) in [5, 5.41) is 7.33. The van der Waals surface area contributed by atoms with Crippen LogP contribution in [-0.4, -0.2) is 26.6 Å². The Kier molecular flexibility index (Phi) is 4.88. The summed E-state index contributed by atoms with van der Waals surface area (Å²) in [6.45, 7) is 2.13. The number of nitrogens with zero attached hydrogens (tertiary/aromatic N) is 4. The molecule has 1 aliphatic heterocycles. The van der Waals surface area contributed by atoms with Crippen molar-refractivity contribution in [1.29, 1.82) is 0 Å². The molecule has 8 heteroatoms. The summed E-state index contributed by atoms with van der Waals surface area (Å²) in [5.74, 6) is 0.740. The minimum Gasteiger partial charge on any atom is -0.436 e. The van der Waals surface area contributed by atoms with Crippen LogP contribution in [0.5, 0.6) is 11.6 Å². The van der Waals surface area contributed by atoms with E-state index < -0.39 is 5.82 Å². The van der Waals surface area contributed by atoms with Crippen LogP contribution in [0.15, 0.2) is 60.9 Å². The third kappa shape index (κ3) is 3.37. The largest absolute Gasteiger partial charge is 0.436 e. The van der Waals surface area contributed by atoms with Gasteiger partial charge in [0.25, 0.3) is 0 Å². The fourth-order valence-corrected chi connectivity index (χ4v) is 4.73. The summed E-state index contributed by atoms with van der Waals surface area (Å²) in [7, 11) is 3.86. The first kappa shape index (κ1) is 21.1. The second-order valence-corrected chi connectivity index (χ2v) is 8.51. The van der Waals surface area contributed by atoms with Gasteiger partial charge in [0.05, 0.1) is 11.1 Å². The summed E-state index contributed by atoms with van der Waals surface area (Å²) in [4.78, 5) is 13.4. The van der Waals surface area contributed by atoms with Crippen molar-refractivity contribution in [2.24, 2.45) is 7.05 Å². The Bertz CT molecular complexity index is 1590. The molecule has 1 aliphatic rings. The molecule has 0 atom stereocenters. The normalized spacial score (nSPS) is 12.1. The monoisotopic (exact) mass is 466 g/mol. The number of anilines is 2. The van der Waals surface area contributed by atoms with Crippen molar-refractivity contribution in [2.75, 3.05) is 17.7 Å². The van der Waals surface area contributed by atoms with Crippen molar-refractivity contribution in [1.82, 2.24) is 19.5 Å². The summed E-state index contributed by atoms with van der Waals surface area (Å²) in [6.07, 6.45) is 1.53. The molecule has 0 spiro atoms. The first-order valence-corrected chi connectivity index (χ1v) is 11.3. The van der Waals surface area contributed by atoms with Crippen molar-refractivity contribution < 1.29 is 9.13 Å². The number of ether oxygens (including phenoxy) is 1. The molecule has 3 aromatic heterocycles. The number of benzene rings is 2. The highest BCUT2D eigenvalue weighted by Crippen LogP contribution is 2.46. The van der Waals surface area contributed by atoms with Crippen LogP contribution in [0, 0.1) is 12.7 Å². The van der Waals surface area contributed by atoms with Gasteiger partial charge in [-0.15, -0.1) is 0 Å². The molecular weight excluding hydrogens is 443 g/mol. The third-order valence-corrected chi connectivity index (χ3v) is 6.40. The van der Waals surface area contributed by atoms with Gasteiger partial charge in [0.2, 0.25) is 5.88 Å². The highest BCUT2D eigenvalue weighted by molar-refractivity contribution is 6.09. The van der Waals surface area contributed by atoms with Crippen LogP contribution in [-0.2, 0) is 13.6 Å². The van der Waals surface area contributed by atoms with E-state index >= 15 is 4.39 Å². The Morgan fingerprint density at radius 1 is 1.06 bits per heavy atom. The van der Waals surface area contributed by atoms with Crippen molar-refractivity contribution >= 4 is 22.5 Å². The van der Waals surface area contributed by atoms with Crippen LogP contribution in [0.1, 0.15) is 11.3 Å². The molecule has 2 aromatic carbocycles. The number of fused-ring (bicyclic) bond motifs is 2. The lowest BCUT2D eigenvalue weighted by Gasteiger charge is -2.15. The predicted octanol–water partition coefficient (Wildman–Crippen LogP) is 5.90. The molecule has 2 N–H and O–H groups in total. The van der Waals surface area contributed by atoms with E-state index in [0.29, 0.717) is 17.3 Å². The van der Waals surface area contributed by atoms with Gasteiger partial charge in [-0.25, -0.2) is 19.3 Å². The minimum absolute atomic E-state index is 0.132. The molecule has 0 saturated heterocycles. The number of pyridine rings is 1. The van der Waals surface area contributed by atoms with Crippen LogP contribution in [0.2, 0.25) is 0 Å². The molecule has 5 aromatic rings. The van der Waals surface area contributed by atoms with Gasteiger partial charge in [0.1, 0.15) is 17.8 Å². The second kappa shape index (κ2) is 8.09. The number of aryl methyl sites for hydroxylation is 2. The van der Waals surface area contributed by atoms with Gasteiger partial charge in [0, 0.05) is 49.2 Å². The van der Waals surface area contributed by atoms with Crippen molar-refractivity contribution in [2.45, 2.75) is 13.5 Å². The molecule has 0 bridgehead atoms. The van der Waals surface area contributed by atoms with Crippen molar-refractivity contribution in [3.8, 4) is 34.0 Å². The highest BCUT2D eigenvalue weighted by atomic mass is 19.1. The summed E-state index contributed by atoms with van der Waals surface area (Å²) in [5.41, 5.74) is 6.73. The molecule has 0 fully saturated rings. The topological polar surface area (TPSA) is 76.9 Å². The Labute approximate surface area is 201 Å². The smallest absolute Gasteiger partial charge is 0.219 e. The first-order valence-electron chi connectivity index (χ1n) is 11.3. The number of halogens is 1. The Morgan fingerprint density at radius 2 is 1.89 bits per heavy atom. The van der Waals surface area contributed by atoms with Gasteiger partial charge in [-0.3, -0.25) is 0 Å². The average molecular weight is 467 g/mol. The van der Waals surface area contributed by atoms with E-state index in [1.54, 1.807) is 12.1 Å². The van der Waals surface area contributed by atoms with Gasteiger partial charge in [-0.05, 0) is 42.3 Å². The van der Waals surface area contributed by atoms with E-state index in [1.165, 1.54) is 6.33 Å². The average Bonchev–Trinajstić information content (AvgIpc) is 3.06. The Hall–Kier alpha value is -4.46. The van der Waals surface area contributed by atoms with Gasteiger partial charge in [-0.1, -0.05) is 24.3 Å². The van der Waals surface area contributed by atoms with E-state index in [2.05, 4.69) is 37.7 Å². The van der Waals surface area contributed by atoms with E-state index in [4.69, 9.17) is 4.74 Å². The van der Waals surface area contributed by atoms with Gasteiger partial charge in [-0.2, -0.15) is 0 Å². The van der Waals surface area contributed by atoms with Crippen LogP contribution >= 0.6 is 0 Å². The lowest BCUT2D eigenvalue weighted by molar-refractivity contribution is 0.424. The zero-order chi connectivity index (χ0) is 24.1. The fourth-order valence-electron chi connectivity index (χ4n) is 4.73. The third-order valence-electron chi connectivity index (χ3n) is 6.40. The molecule has 4 heterocycles. The maximum atomic E-state index is 15.9. The minimum atomic E-state index is -0.424. The summed E-state index contributed by atoms with van der Waals surface area (Å²) in [6, 6.07) is 17.2. The standard InChI is InChI=1S/C27H23FN6O/c1-15-5-4-6-21(33-15)35-20-12-11-18-19(24(20)28)13-30-26-23-22(18)25(34(3)27(23)32-14-31-26)16-7-9-17(29-2)10-8-16/h4-12,14,29H,13H2,1-3H3,(H,30,31,32). The van der Waals surface area contributed by atoms with Crippen LogP contribution in [0.4, 0.5) is 15.9 Å². The molecule has 0 amide bonds. The molecule has 0 saturated carbocycles. The molecule has 0 unspecified atom stereocenters. The molecule has 174 valence electrons. The van der Waals surface area contributed by atoms with Crippen molar-refractivity contribution in [3.05, 3.63) is 78.0 Å². The number of hydrogen-bond donors (Lipinski definition) is 2. The summed E-state index contributed by atoms with van der Waals surface area (Å²) >= 11 is 0. The lowest BCUT2D eigenvalue weighted by atomic mass is 9.95. The zero-order valence-electron chi connectivity index (χ0n) is 19.6. The molecule has 7 nitrogen and oxygen atoms in total. The predicted molar refractivity (Wildman–Crippen MR) is 135 cm³/mol. The first-order chi connectivity index (χ1) is 17.0. The lowest BCUT2D eigenvalue weighted by Crippen LogP contribution is -2.05.